The van der Waals surface area contributed by atoms with Crippen LogP contribution in [0.15, 0.2) is 59.3 Å². The minimum absolute atomic E-state index is 0.0715. The Morgan fingerprint density at radius 1 is 1.15 bits per heavy atom. The maximum atomic E-state index is 13.4. The van der Waals surface area contributed by atoms with Crippen LogP contribution in [0.1, 0.15) is 42.2 Å². The number of hydrogen-bond donors (Lipinski definition) is 1. The molecule has 0 bridgehead atoms. The molecule has 33 heavy (non-hydrogen) atoms. The largest absolute Gasteiger partial charge is 0.485 e. The molecule has 0 saturated carbocycles. The van der Waals surface area contributed by atoms with Gasteiger partial charge in [0.05, 0.1) is 30.0 Å². The van der Waals surface area contributed by atoms with E-state index in [1.54, 1.807) is 12.3 Å². The highest BCUT2D eigenvalue weighted by Crippen LogP contribution is 2.29. The van der Waals surface area contributed by atoms with Gasteiger partial charge in [-0.1, -0.05) is 31.9 Å². The minimum atomic E-state index is -0.341. The number of carbonyl (C=O) groups excluding carboxylic acids is 1. The molecule has 1 saturated heterocycles. The Kier molecular flexibility index (Phi) is 7.54. The first-order chi connectivity index (χ1) is 16.0. The summed E-state index contributed by atoms with van der Waals surface area (Å²) in [6.07, 6.45) is 7.64. The first-order valence-electron chi connectivity index (χ1n) is 11.1. The molecule has 0 atom stereocenters. The van der Waals surface area contributed by atoms with Crippen molar-refractivity contribution in [2.45, 2.75) is 38.7 Å². The van der Waals surface area contributed by atoms with Crippen molar-refractivity contribution in [3.05, 3.63) is 76.4 Å². The summed E-state index contributed by atoms with van der Waals surface area (Å²) in [6.45, 7) is 3.40. The van der Waals surface area contributed by atoms with E-state index in [2.05, 4.69) is 38.1 Å². The highest BCUT2D eigenvalue weighted by Gasteiger charge is 2.30. The summed E-state index contributed by atoms with van der Waals surface area (Å²) in [6, 6.07) is 12.3. The molecule has 1 aromatic heterocycles. The molecule has 0 aliphatic carbocycles. The summed E-state index contributed by atoms with van der Waals surface area (Å²) in [4.78, 5) is 23.1. The number of aryl methyl sites for hydroxylation is 1. The Balaban J connectivity index is 1.27. The number of carbonyl (C=O) groups is 1. The lowest BCUT2D eigenvalue weighted by Crippen LogP contribution is -2.54. The van der Waals surface area contributed by atoms with Crippen LogP contribution in [0.4, 0.5) is 15.9 Å². The molecular weight excluding hydrogens is 487 g/mol. The zero-order chi connectivity index (χ0) is 23.2. The number of amides is 1. The summed E-state index contributed by atoms with van der Waals surface area (Å²) in [7, 11) is 0. The summed E-state index contributed by atoms with van der Waals surface area (Å²) in [5.74, 6) is 0.508. The number of ether oxygens (including phenoxy) is 1. The van der Waals surface area contributed by atoms with Crippen molar-refractivity contribution in [1.29, 1.82) is 0 Å². The highest BCUT2D eigenvalue weighted by atomic mass is 79.9. The fourth-order valence-corrected chi connectivity index (χ4v) is 3.92. The number of rotatable bonds is 9. The summed E-state index contributed by atoms with van der Waals surface area (Å²) in [5, 5.41) is 2.86. The lowest BCUT2D eigenvalue weighted by molar-refractivity contribution is 0.102. The van der Waals surface area contributed by atoms with Crippen molar-refractivity contribution in [1.82, 2.24) is 9.97 Å². The number of halogens is 2. The molecular formula is C25H26BrFN4O2. The molecule has 1 aliphatic rings. The van der Waals surface area contributed by atoms with Gasteiger partial charge in [0.15, 0.2) is 0 Å². The first kappa shape index (κ1) is 23.2. The Morgan fingerprint density at radius 2 is 1.94 bits per heavy atom. The number of unbranched alkanes of at least 4 members (excludes halogenated alkanes) is 2. The van der Waals surface area contributed by atoms with E-state index in [1.165, 1.54) is 43.2 Å². The minimum Gasteiger partial charge on any atom is -0.485 e. The first-order valence-corrected chi connectivity index (χ1v) is 11.9. The summed E-state index contributed by atoms with van der Waals surface area (Å²) < 4.78 is 20.0. The van der Waals surface area contributed by atoms with Crippen LogP contribution in [0, 0.1) is 5.82 Å². The standard InChI is InChI=1S/C25H26BrFN4O2/c1-2-3-4-5-17-6-9-19(10-7-17)30-25(32)22-13-29-24(14-28-22)31-15-20(16-31)33-23-12-18(27)8-11-21(23)26/h6-14,20H,2-5,15-16H2,1H3,(H,30,32). The Labute approximate surface area is 201 Å². The van der Waals surface area contributed by atoms with Crippen molar-refractivity contribution in [3.8, 4) is 5.75 Å². The van der Waals surface area contributed by atoms with E-state index in [1.807, 2.05) is 29.2 Å². The Bertz CT molecular complexity index is 1090. The van der Waals surface area contributed by atoms with E-state index in [-0.39, 0.29) is 23.5 Å². The number of nitrogens with one attached hydrogen (secondary N) is 1. The third-order valence-corrected chi connectivity index (χ3v) is 6.17. The van der Waals surface area contributed by atoms with Gasteiger partial charge in [-0.05, 0) is 58.6 Å². The fraction of sp³-hybridized carbons (Fsp3) is 0.320. The highest BCUT2D eigenvalue weighted by molar-refractivity contribution is 9.10. The average molecular weight is 513 g/mol. The summed E-state index contributed by atoms with van der Waals surface area (Å²) >= 11 is 3.37. The van der Waals surface area contributed by atoms with E-state index in [4.69, 9.17) is 4.74 Å². The molecule has 4 rings (SSSR count). The van der Waals surface area contributed by atoms with Crippen LogP contribution in [0.5, 0.6) is 5.75 Å². The van der Waals surface area contributed by atoms with Gasteiger partial charge in [-0.15, -0.1) is 0 Å². The predicted molar refractivity (Wildman–Crippen MR) is 130 cm³/mol. The third kappa shape index (κ3) is 6.07. The van der Waals surface area contributed by atoms with Gasteiger partial charge in [-0.2, -0.15) is 0 Å². The van der Waals surface area contributed by atoms with Crippen molar-refractivity contribution >= 4 is 33.3 Å². The van der Waals surface area contributed by atoms with Gasteiger partial charge >= 0.3 is 0 Å². The van der Waals surface area contributed by atoms with Crippen LogP contribution >= 0.6 is 15.9 Å². The van der Waals surface area contributed by atoms with E-state index in [9.17, 15) is 9.18 Å². The molecule has 2 aromatic carbocycles. The van der Waals surface area contributed by atoms with Crippen LogP contribution in [-0.4, -0.2) is 35.1 Å². The van der Waals surface area contributed by atoms with Crippen molar-refractivity contribution in [2.75, 3.05) is 23.3 Å². The third-order valence-electron chi connectivity index (χ3n) is 5.51. The van der Waals surface area contributed by atoms with Crippen molar-refractivity contribution < 1.29 is 13.9 Å². The van der Waals surface area contributed by atoms with Crippen LogP contribution in [0.3, 0.4) is 0 Å². The topological polar surface area (TPSA) is 67.4 Å². The van der Waals surface area contributed by atoms with Gasteiger partial charge in [0.2, 0.25) is 0 Å². The molecule has 172 valence electrons. The average Bonchev–Trinajstić information content (AvgIpc) is 2.79. The number of benzene rings is 2. The van der Waals surface area contributed by atoms with Crippen LogP contribution in [0.2, 0.25) is 0 Å². The second-order valence-corrected chi connectivity index (χ2v) is 8.94. The molecule has 0 unspecified atom stereocenters. The molecule has 2 heterocycles. The zero-order valence-electron chi connectivity index (χ0n) is 18.4. The predicted octanol–water partition coefficient (Wildman–Crippen LogP) is 5.63. The zero-order valence-corrected chi connectivity index (χ0v) is 20.0. The molecule has 8 heteroatoms. The summed E-state index contributed by atoms with van der Waals surface area (Å²) in [5.41, 5.74) is 2.26. The fourth-order valence-electron chi connectivity index (χ4n) is 3.58. The van der Waals surface area contributed by atoms with Gasteiger partial charge in [0.1, 0.15) is 29.2 Å². The van der Waals surface area contributed by atoms with Crippen LogP contribution in [0.25, 0.3) is 0 Å². The second kappa shape index (κ2) is 10.7. The van der Waals surface area contributed by atoms with E-state index < -0.39 is 0 Å². The van der Waals surface area contributed by atoms with Crippen LogP contribution < -0.4 is 15.0 Å². The van der Waals surface area contributed by atoms with Crippen molar-refractivity contribution in [3.63, 3.8) is 0 Å². The maximum Gasteiger partial charge on any atom is 0.275 e. The quantitative estimate of drug-likeness (QED) is 0.376. The van der Waals surface area contributed by atoms with Gasteiger partial charge < -0.3 is 15.0 Å². The van der Waals surface area contributed by atoms with Crippen molar-refractivity contribution in [2.24, 2.45) is 0 Å². The normalized spacial score (nSPS) is 13.5. The maximum absolute atomic E-state index is 13.4. The molecule has 6 nitrogen and oxygen atoms in total. The van der Waals surface area contributed by atoms with Gasteiger partial charge in [0.25, 0.3) is 5.91 Å². The lowest BCUT2D eigenvalue weighted by Gasteiger charge is -2.39. The van der Waals surface area contributed by atoms with Gasteiger partial charge in [-0.3, -0.25) is 4.79 Å². The van der Waals surface area contributed by atoms with E-state index >= 15 is 0 Å². The van der Waals surface area contributed by atoms with E-state index in [0.29, 0.717) is 29.1 Å². The number of hydrogen-bond acceptors (Lipinski definition) is 5. The number of anilines is 2. The monoisotopic (exact) mass is 512 g/mol. The lowest BCUT2D eigenvalue weighted by atomic mass is 10.1. The van der Waals surface area contributed by atoms with Crippen LogP contribution in [-0.2, 0) is 6.42 Å². The molecule has 1 N–H and O–H groups in total. The molecule has 1 aliphatic heterocycles. The number of aromatic nitrogens is 2. The molecule has 1 amide bonds. The smallest absolute Gasteiger partial charge is 0.275 e. The molecule has 0 radical (unpaired) electrons. The number of nitrogens with zero attached hydrogens (tertiary/aromatic N) is 3. The molecule has 3 aromatic rings. The second-order valence-electron chi connectivity index (χ2n) is 8.09. The molecule has 0 spiro atoms. The Hall–Kier alpha value is -3.00. The van der Waals surface area contributed by atoms with Gasteiger partial charge in [0, 0.05) is 11.8 Å². The van der Waals surface area contributed by atoms with Gasteiger partial charge in [-0.25, -0.2) is 14.4 Å². The molecule has 1 fully saturated rings. The Morgan fingerprint density at radius 3 is 2.64 bits per heavy atom. The van der Waals surface area contributed by atoms with E-state index in [0.717, 1.165) is 12.1 Å². The SMILES string of the molecule is CCCCCc1ccc(NC(=O)c2cnc(N3CC(Oc4cc(F)ccc4Br)C3)cn2)cc1.